The topological polar surface area (TPSA) is 121 Å². The van der Waals surface area contributed by atoms with E-state index in [0.717, 1.165) is 32.1 Å². The molecule has 3 N–H and O–H groups in total. The van der Waals surface area contributed by atoms with Crippen LogP contribution in [0.2, 0.25) is 0 Å². The summed E-state index contributed by atoms with van der Waals surface area (Å²) in [6.45, 7) is 0. The maximum atomic E-state index is 13.3. The minimum Gasteiger partial charge on any atom is -0.396 e. The second-order valence-electron chi connectivity index (χ2n) is 7.45. The maximum Gasteiger partial charge on any atom is 0.328 e. The van der Waals surface area contributed by atoms with E-state index < -0.39 is 0 Å². The standard InChI is InChI=1S/C23H23N7O/c24-14-16-6-4-5-9-18(16)20-11-10-19(25)22(28-20)30(17-7-2-1-3-8-17)23(31)29-21-12-13-26-15-27-21/h4-6,9-13,15,17H,1-3,7-8,25H2,(H,26,27,29,31). The second-order valence-corrected chi connectivity index (χ2v) is 7.45. The fourth-order valence-corrected chi connectivity index (χ4v) is 3.91. The molecule has 4 rings (SSSR count). The minimum absolute atomic E-state index is 0.0214. The summed E-state index contributed by atoms with van der Waals surface area (Å²) >= 11 is 0. The molecule has 0 bridgehead atoms. The number of hydrogen-bond donors (Lipinski definition) is 2. The molecule has 8 nitrogen and oxygen atoms in total. The third-order valence-electron chi connectivity index (χ3n) is 5.43. The number of benzene rings is 1. The molecule has 156 valence electrons. The highest BCUT2D eigenvalue weighted by Crippen LogP contribution is 2.33. The van der Waals surface area contributed by atoms with Crippen molar-refractivity contribution in [3.05, 3.63) is 60.6 Å². The van der Waals surface area contributed by atoms with Crippen molar-refractivity contribution >= 4 is 23.4 Å². The van der Waals surface area contributed by atoms with Gasteiger partial charge in [-0.1, -0.05) is 37.5 Å². The van der Waals surface area contributed by atoms with Crippen molar-refractivity contribution in [2.24, 2.45) is 0 Å². The van der Waals surface area contributed by atoms with Gasteiger partial charge < -0.3 is 5.73 Å². The van der Waals surface area contributed by atoms with Gasteiger partial charge in [0.25, 0.3) is 0 Å². The molecule has 0 spiro atoms. The lowest BCUT2D eigenvalue weighted by Crippen LogP contribution is -2.45. The van der Waals surface area contributed by atoms with Crippen LogP contribution in [0.25, 0.3) is 11.3 Å². The Balaban J connectivity index is 1.75. The number of nitrogens with two attached hydrogens (primary N) is 1. The van der Waals surface area contributed by atoms with Gasteiger partial charge in [-0.05, 0) is 37.1 Å². The zero-order chi connectivity index (χ0) is 21.6. The van der Waals surface area contributed by atoms with Gasteiger partial charge in [0.15, 0.2) is 5.82 Å². The highest BCUT2D eigenvalue weighted by atomic mass is 16.2. The van der Waals surface area contributed by atoms with Crippen molar-refractivity contribution in [3.63, 3.8) is 0 Å². The van der Waals surface area contributed by atoms with Gasteiger partial charge in [0.2, 0.25) is 0 Å². The molecule has 0 saturated heterocycles. The fraction of sp³-hybridized carbons (Fsp3) is 0.261. The van der Waals surface area contributed by atoms with Gasteiger partial charge in [-0.15, -0.1) is 0 Å². The summed E-state index contributed by atoms with van der Waals surface area (Å²) in [7, 11) is 0. The first-order valence-corrected chi connectivity index (χ1v) is 10.3. The number of hydrogen-bond acceptors (Lipinski definition) is 6. The van der Waals surface area contributed by atoms with Crippen molar-refractivity contribution in [2.45, 2.75) is 38.1 Å². The fourth-order valence-electron chi connectivity index (χ4n) is 3.91. The molecule has 0 atom stereocenters. The average Bonchev–Trinajstić information content (AvgIpc) is 2.82. The van der Waals surface area contributed by atoms with Crippen molar-refractivity contribution < 1.29 is 4.79 Å². The van der Waals surface area contributed by atoms with Crippen LogP contribution in [-0.2, 0) is 0 Å². The molecule has 1 saturated carbocycles. The van der Waals surface area contributed by atoms with Crippen LogP contribution in [0, 0.1) is 11.3 Å². The van der Waals surface area contributed by atoms with Crippen LogP contribution in [-0.4, -0.2) is 27.0 Å². The van der Waals surface area contributed by atoms with Crippen molar-refractivity contribution in [1.82, 2.24) is 15.0 Å². The van der Waals surface area contributed by atoms with E-state index in [2.05, 4.69) is 21.4 Å². The molecule has 1 fully saturated rings. The van der Waals surface area contributed by atoms with Gasteiger partial charge in [-0.25, -0.2) is 19.7 Å². The largest absolute Gasteiger partial charge is 0.396 e. The third-order valence-corrected chi connectivity index (χ3v) is 5.43. The number of urea groups is 1. The van der Waals surface area contributed by atoms with Crippen LogP contribution in [0.3, 0.4) is 0 Å². The van der Waals surface area contributed by atoms with E-state index in [1.165, 1.54) is 6.33 Å². The molecule has 31 heavy (non-hydrogen) atoms. The first kappa shape index (κ1) is 20.3. The highest BCUT2D eigenvalue weighted by Gasteiger charge is 2.30. The number of nitriles is 1. The molecular weight excluding hydrogens is 390 g/mol. The molecule has 2 heterocycles. The smallest absolute Gasteiger partial charge is 0.328 e. The Kier molecular flexibility index (Phi) is 6.03. The Morgan fingerprint density at radius 2 is 1.94 bits per heavy atom. The van der Waals surface area contributed by atoms with E-state index >= 15 is 0 Å². The predicted molar refractivity (Wildman–Crippen MR) is 119 cm³/mol. The molecule has 0 aliphatic heterocycles. The van der Waals surface area contributed by atoms with Crippen LogP contribution < -0.4 is 16.0 Å². The number of carbonyl (C=O) groups excluding carboxylic acids is 1. The van der Waals surface area contributed by atoms with Gasteiger partial charge in [0, 0.05) is 17.8 Å². The lowest BCUT2D eigenvalue weighted by molar-refractivity contribution is 0.252. The molecular formula is C23H23N7O. The number of nitrogen functional groups attached to an aromatic ring is 1. The second kappa shape index (κ2) is 9.22. The Bertz CT molecular complexity index is 1100. The summed E-state index contributed by atoms with van der Waals surface area (Å²) < 4.78 is 0. The summed E-state index contributed by atoms with van der Waals surface area (Å²) in [6, 6.07) is 14.2. The molecule has 2 amide bonds. The van der Waals surface area contributed by atoms with Gasteiger partial charge in [0.05, 0.1) is 23.0 Å². The number of pyridine rings is 1. The summed E-state index contributed by atoms with van der Waals surface area (Å²) in [5.74, 6) is 0.800. The number of rotatable bonds is 4. The molecule has 8 heteroatoms. The molecule has 3 aromatic rings. The highest BCUT2D eigenvalue weighted by molar-refractivity contribution is 6.03. The van der Waals surface area contributed by atoms with Crippen LogP contribution in [0.1, 0.15) is 37.7 Å². The van der Waals surface area contributed by atoms with E-state index in [-0.39, 0.29) is 12.1 Å². The summed E-state index contributed by atoms with van der Waals surface area (Å²) in [6.07, 6.45) is 7.93. The Labute approximate surface area is 180 Å². The van der Waals surface area contributed by atoms with E-state index in [9.17, 15) is 10.1 Å². The molecule has 0 radical (unpaired) electrons. The Morgan fingerprint density at radius 1 is 1.13 bits per heavy atom. The normalized spacial score (nSPS) is 13.9. The van der Waals surface area contributed by atoms with E-state index in [1.807, 2.05) is 18.2 Å². The van der Waals surface area contributed by atoms with Crippen molar-refractivity contribution in [1.29, 1.82) is 5.26 Å². The first-order valence-electron chi connectivity index (χ1n) is 10.3. The number of amides is 2. The monoisotopic (exact) mass is 413 g/mol. The maximum absolute atomic E-state index is 13.3. The quantitative estimate of drug-likeness (QED) is 0.655. The van der Waals surface area contributed by atoms with Crippen molar-refractivity contribution in [2.75, 3.05) is 16.0 Å². The summed E-state index contributed by atoms with van der Waals surface area (Å²) in [5.41, 5.74) is 8.52. The lowest BCUT2D eigenvalue weighted by Gasteiger charge is -2.34. The van der Waals surface area contributed by atoms with Crippen LogP contribution >= 0.6 is 0 Å². The van der Waals surface area contributed by atoms with E-state index in [1.54, 1.807) is 35.4 Å². The van der Waals surface area contributed by atoms with Crippen LogP contribution in [0.4, 0.5) is 22.1 Å². The lowest BCUT2D eigenvalue weighted by atomic mass is 9.94. The summed E-state index contributed by atoms with van der Waals surface area (Å²) in [5, 5.41) is 12.3. The van der Waals surface area contributed by atoms with Gasteiger partial charge in [-0.3, -0.25) is 10.2 Å². The molecule has 1 aromatic carbocycles. The first-order chi connectivity index (χ1) is 15.2. The number of carbonyl (C=O) groups is 1. The average molecular weight is 413 g/mol. The van der Waals surface area contributed by atoms with E-state index in [0.29, 0.717) is 34.1 Å². The minimum atomic E-state index is -0.337. The zero-order valence-electron chi connectivity index (χ0n) is 17.0. The zero-order valence-corrected chi connectivity index (χ0v) is 17.0. The van der Waals surface area contributed by atoms with Gasteiger partial charge in [-0.2, -0.15) is 5.26 Å². The Morgan fingerprint density at radius 3 is 2.68 bits per heavy atom. The van der Waals surface area contributed by atoms with Gasteiger partial charge >= 0.3 is 6.03 Å². The van der Waals surface area contributed by atoms with Crippen molar-refractivity contribution in [3.8, 4) is 17.3 Å². The van der Waals surface area contributed by atoms with Crippen LogP contribution in [0.15, 0.2) is 55.0 Å². The number of nitrogens with one attached hydrogen (secondary N) is 1. The molecule has 0 unspecified atom stereocenters. The molecule has 2 aromatic heterocycles. The Hall–Kier alpha value is -3.99. The SMILES string of the molecule is N#Cc1ccccc1-c1ccc(N)c(N(C(=O)Nc2ccncn2)C2CCCCC2)n1. The third kappa shape index (κ3) is 4.46. The predicted octanol–water partition coefficient (Wildman–Crippen LogP) is 4.36. The number of anilines is 3. The number of aromatic nitrogens is 3. The van der Waals surface area contributed by atoms with Gasteiger partial charge in [0.1, 0.15) is 12.1 Å². The molecule has 1 aliphatic carbocycles. The molecule has 1 aliphatic rings. The van der Waals surface area contributed by atoms with Crippen LogP contribution in [0.5, 0.6) is 0 Å². The number of nitrogens with zero attached hydrogens (tertiary/aromatic N) is 5. The van der Waals surface area contributed by atoms with E-state index in [4.69, 9.17) is 10.7 Å². The summed E-state index contributed by atoms with van der Waals surface area (Å²) in [4.78, 5) is 27.7.